The minimum Gasteiger partial charge on any atom is -0.497 e. The topological polar surface area (TPSA) is 72.6 Å². The summed E-state index contributed by atoms with van der Waals surface area (Å²) in [5.41, 5.74) is 0. The van der Waals surface area contributed by atoms with Crippen molar-refractivity contribution >= 4 is 0 Å². The first kappa shape index (κ1) is 17.7. The van der Waals surface area contributed by atoms with Crippen molar-refractivity contribution in [1.29, 1.82) is 0 Å². The molecule has 1 fully saturated rings. The molecule has 1 saturated heterocycles. The number of β-amino-alcohol motifs (C(OH)–C–C–N with tert-alkyl or cyclic N) is 1. The summed E-state index contributed by atoms with van der Waals surface area (Å²) >= 11 is 0. The molecule has 7 heteroatoms. The number of piperidine rings is 1. The van der Waals surface area contributed by atoms with Crippen molar-refractivity contribution in [2.24, 2.45) is 5.92 Å². The van der Waals surface area contributed by atoms with E-state index in [0.717, 1.165) is 37.6 Å². The molecule has 136 valence electrons. The molecule has 2 atom stereocenters. The van der Waals surface area contributed by atoms with E-state index in [-0.39, 0.29) is 6.61 Å². The summed E-state index contributed by atoms with van der Waals surface area (Å²) in [6.45, 7) is 3.79. The van der Waals surface area contributed by atoms with E-state index >= 15 is 0 Å². The van der Waals surface area contributed by atoms with Gasteiger partial charge in [-0.1, -0.05) is 0 Å². The number of aliphatic hydroxyl groups excluding tert-OH is 1. The van der Waals surface area contributed by atoms with E-state index in [4.69, 9.17) is 9.47 Å². The monoisotopic (exact) mass is 346 g/mol. The van der Waals surface area contributed by atoms with E-state index in [2.05, 4.69) is 15.0 Å². The standard InChI is InChI=1S/C18H26N4O3/c1-24-17-4-6-18(7-5-17)25-12-16(23)11-21-8-2-3-15(9-21)10-22-14-19-13-20-22/h4-7,13-16,23H,2-3,8-12H2,1H3/t15-,16-/m1/s1. The molecule has 1 aromatic heterocycles. The number of benzene rings is 1. The van der Waals surface area contributed by atoms with Crippen molar-refractivity contribution in [3.63, 3.8) is 0 Å². The third kappa shape index (κ3) is 5.44. The fourth-order valence-corrected chi connectivity index (χ4v) is 3.27. The van der Waals surface area contributed by atoms with Crippen molar-refractivity contribution in [2.45, 2.75) is 25.5 Å². The molecule has 25 heavy (non-hydrogen) atoms. The van der Waals surface area contributed by atoms with Crippen LogP contribution in [0.15, 0.2) is 36.9 Å². The van der Waals surface area contributed by atoms with Gasteiger partial charge in [0.05, 0.1) is 7.11 Å². The summed E-state index contributed by atoms with van der Waals surface area (Å²) in [6.07, 6.45) is 5.16. The SMILES string of the molecule is COc1ccc(OC[C@H](O)CN2CCC[C@@H](Cn3cncn3)C2)cc1. The van der Waals surface area contributed by atoms with E-state index in [0.29, 0.717) is 12.5 Å². The Morgan fingerprint density at radius 1 is 1.28 bits per heavy atom. The van der Waals surface area contributed by atoms with Gasteiger partial charge in [0.25, 0.3) is 0 Å². The Morgan fingerprint density at radius 2 is 2.08 bits per heavy atom. The van der Waals surface area contributed by atoms with Gasteiger partial charge >= 0.3 is 0 Å². The third-order valence-electron chi connectivity index (χ3n) is 4.49. The van der Waals surface area contributed by atoms with Gasteiger partial charge < -0.3 is 19.5 Å². The van der Waals surface area contributed by atoms with Crippen LogP contribution < -0.4 is 9.47 Å². The van der Waals surface area contributed by atoms with E-state index in [9.17, 15) is 5.11 Å². The van der Waals surface area contributed by atoms with Crippen LogP contribution in [0.1, 0.15) is 12.8 Å². The Morgan fingerprint density at radius 3 is 2.80 bits per heavy atom. The lowest BCUT2D eigenvalue weighted by atomic mass is 9.98. The van der Waals surface area contributed by atoms with Gasteiger partial charge in [0.15, 0.2) is 0 Å². The average Bonchev–Trinajstić information content (AvgIpc) is 3.14. The fourth-order valence-electron chi connectivity index (χ4n) is 3.27. The molecular weight excluding hydrogens is 320 g/mol. The molecule has 0 aliphatic carbocycles. The van der Waals surface area contributed by atoms with Gasteiger partial charge in [-0.3, -0.25) is 4.68 Å². The van der Waals surface area contributed by atoms with Crippen molar-refractivity contribution < 1.29 is 14.6 Å². The van der Waals surface area contributed by atoms with E-state index in [1.165, 1.54) is 6.42 Å². The highest BCUT2D eigenvalue weighted by Gasteiger charge is 2.22. The second-order valence-electron chi connectivity index (χ2n) is 6.53. The van der Waals surface area contributed by atoms with Gasteiger partial charge in [-0.25, -0.2) is 4.98 Å². The van der Waals surface area contributed by atoms with Crippen LogP contribution in [0, 0.1) is 5.92 Å². The van der Waals surface area contributed by atoms with Gasteiger partial charge in [0, 0.05) is 19.6 Å². The third-order valence-corrected chi connectivity index (χ3v) is 4.49. The number of hydrogen-bond acceptors (Lipinski definition) is 6. The zero-order chi connectivity index (χ0) is 17.5. The molecule has 0 amide bonds. The normalized spacial score (nSPS) is 19.5. The summed E-state index contributed by atoms with van der Waals surface area (Å²) in [5.74, 6) is 2.08. The summed E-state index contributed by atoms with van der Waals surface area (Å²) in [4.78, 5) is 6.31. The predicted molar refractivity (Wildman–Crippen MR) is 93.7 cm³/mol. The Hall–Kier alpha value is -2.12. The highest BCUT2D eigenvalue weighted by Crippen LogP contribution is 2.19. The van der Waals surface area contributed by atoms with Crippen LogP contribution in [-0.2, 0) is 6.54 Å². The highest BCUT2D eigenvalue weighted by molar-refractivity contribution is 5.31. The number of methoxy groups -OCH3 is 1. The quantitative estimate of drug-likeness (QED) is 0.780. The van der Waals surface area contributed by atoms with Crippen molar-refractivity contribution in [3.8, 4) is 11.5 Å². The van der Waals surface area contributed by atoms with Crippen LogP contribution in [0.25, 0.3) is 0 Å². The largest absolute Gasteiger partial charge is 0.497 e. The summed E-state index contributed by atoms with van der Waals surface area (Å²) in [5, 5.41) is 14.5. The number of aromatic nitrogens is 3. The number of likely N-dealkylation sites (tertiary alicyclic amines) is 1. The van der Waals surface area contributed by atoms with E-state index < -0.39 is 6.10 Å². The molecule has 1 aromatic carbocycles. The molecule has 0 spiro atoms. The van der Waals surface area contributed by atoms with E-state index in [1.807, 2.05) is 28.9 Å². The fraction of sp³-hybridized carbons (Fsp3) is 0.556. The number of hydrogen-bond donors (Lipinski definition) is 1. The van der Waals surface area contributed by atoms with Crippen LogP contribution in [0.2, 0.25) is 0 Å². The Bertz CT molecular complexity index is 618. The molecular formula is C18H26N4O3. The van der Waals surface area contributed by atoms with Crippen LogP contribution in [0.3, 0.4) is 0 Å². The molecule has 1 aliphatic heterocycles. The Kier molecular flexibility index (Phi) is 6.25. The molecule has 1 aliphatic rings. The first-order chi connectivity index (χ1) is 12.2. The number of nitrogens with zero attached hydrogens (tertiary/aromatic N) is 4. The summed E-state index contributed by atoms with van der Waals surface area (Å²) < 4.78 is 12.7. The van der Waals surface area contributed by atoms with Crippen LogP contribution in [0.4, 0.5) is 0 Å². The minimum absolute atomic E-state index is 0.288. The summed E-state index contributed by atoms with van der Waals surface area (Å²) in [6, 6.07) is 7.39. The second kappa shape index (κ2) is 8.82. The lowest BCUT2D eigenvalue weighted by molar-refractivity contribution is 0.0494. The Balaban J connectivity index is 1.41. The van der Waals surface area contributed by atoms with Gasteiger partial charge in [0.2, 0.25) is 0 Å². The van der Waals surface area contributed by atoms with Gasteiger partial charge in [0.1, 0.15) is 36.9 Å². The van der Waals surface area contributed by atoms with Crippen LogP contribution >= 0.6 is 0 Å². The maximum atomic E-state index is 10.3. The zero-order valence-corrected chi connectivity index (χ0v) is 14.6. The minimum atomic E-state index is -0.507. The lowest BCUT2D eigenvalue weighted by Crippen LogP contribution is -2.42. The van der Waals surface area contributed by atoms with Crippen molar-refractivity contribution in [2.75, 3.05) is 33.4 Å². The van der Waals surface area contributed by atoms with Gasteiger partial charge in [-0.05, 0) is 49.6 Å². The van der Waals surface area contributed by atoms with Crippen LogP contribution in [-0.4, -0.2) is 64.2 Å². The van der Waals surface area contributed by atoms with Gasteiger partial charge in [-0.15, -0.1) is 0 Å². The molecule has 0 bridgehead atoms. The highest BCUT2D eigenvalue weighted by atomic mass is 16.5. The lowest BCUT2D eigenvalue weighted by Gasteiger charge is -2.33. The molecule has 2 aromatic rings. The molecule has 0 radical (unpaired) electrons. The molecule has 1 N–H and O–H groups in total. The average molecular weight is 346 g/mol. The molecule has 7 nitrogen and oxygen atoms in total. The van der Waals surface area contributed by atoms with E-state index in [1.54, 1.807) is 19.8 Å². The first-order valence-corrected chi connectivity index (χ1v) is 8.72. The van der Waals surface area contributed by atoms with Crippen molar-refractivity contribution in [3.05, 3.63) is 36.9 Å². The van der Waals surface area contributed by atoms with Crippen molar-refractivity contribution in [1.82, 2.24) is 19.7 Å². The summed E-state index contributed by atoms with van der Waals surface area (Å²) in [7, 11) is 1.63. The Labute approximate surface area is 148 Å². The predicted octanol–water partition coefficient (Wildman–Crippen LogP) is 1.44. The maximum absolute atomic E-state index is 10.3. The molecule has 2 heterocycles. The molecule has 0 saturated carbocycles. The first-order valence-electron chi connectivity index (χ1n) is 8.72. The number of rotatable bonds is 8. The molecule has 3 rings (SSSR count). The molecule has 0 unspecified atom stereocenters. The second-order valence-corrected chi connectivity index (χ2v) is 6.53. The zero-order valence-electron chi connectivity index (χ0n) is 14.6. The van der Waals surface area contributed by atoms with Gasteiger partial charge in [-0.2, -0.15) is 5.10 Å². The smallest absolute Gasteiger partial charge is 0.137 e. The van der Waals surface area contributed by atoms with Crippen LogP contribution in [0.5, 0.6) is 11.5 Å². The number of ether oxygens (including phenoxy) is 2. The number of aliphatic hydroxyl groups is 1. The maximum Gasteiger partial charge on any atom is 0.137 e.